The molecule has 3 aliphatic rings. The van der Waals surface area contributed by atoms with Crippen molar-refractivity contribution in [2.45, 2.75) is 18.9 Å². The molecule has 1 saturated heterocycles. The third-order valence-electron chi connectivity index (χ3n) is 6.22. The monoisotopic (exact) mass is 433 g/mol. The molecule has 0 saturated carbocycles. The minimum Gasteiger partial charge on any atom is -0.454 e. The first-order valence-electron chi connectivity index (χ1n) is 10.5. The molecule has 3 aliphatic heterocycles. The predicted molar refractivity (Wildman–Crippen MR) is 116 cm³/mol. The summed E-state index contributed by atoms with van der Waals surface area (Å²) in [5, 5.41) is 2.73. The number of nitrogens with zero attached hydrogens (tertiary/aromatic N) is 2. The fraction of sp³-hybridized carbons (Fsp3) is 0.292. The van der Waals surface area contributed by atoms with Gasteiger partial charge in [0.2, 0.25) is 12.7 Å². The van der Waals surface area contributed by atoms with Crippen molar-refractivity contribution >= 4 is 23.4 Å². The Morgan fingerprint density at radius 1 is 1.09 bits per heavy atom. The summed E-state index contributed by atoms with van der Waals surface area (Å²) in [5.74, 6) is 0.392. The first-order valence-corrected chi connectivity index (χ1v) is 10.5. The van der Waals surface area contributed by atoms with Crippen molar-refractivity contribution < 1.29 is 23.9 Å². The Hall–Kier alpha value is -3.81. The van der Waals surface area contributed by atoms with Crippen LogP contribution in [-0.4, -0.2) is 54.1 Å². The quantitative estimate of drug-likeness (QED) is 0.749. The average Bonchev–Trinajstić information content (AvgIpc) is 3.38. The maximum Gasteiger partial charge on any atom is 0.325 e. The third-order valence-corrected chi connectivity index (χ3v) is 6.22. The number of carbonyl (C=O) groups is 3. The number of nitrogens with one attached hydrogen (secondary N) is 1. The summed E-state index contributed by atoms with van der Waals surface area (Å²) in [7, 11) is 0. The zero-order valence-corrected chi connectivity index (χ0v) is 17.7. The van der Waals surface area contributed by atoms with Crippen molar-refractivity contribution in [2.75, 3.05) is 26.4 Å². The smallest absolute Gasteiger partial charge is 0.325 e. The highest BCUT2D eigenvalue weighted by atomic mass is 16.7. The van der Waals surface area contributed by atoms with Crippen LogP contribution in [-0.2, 0) is 15.1 Å². The number of hydrogen-bond donors (Lipinski definition) is 1. The van der Waals surface area contributed by atoms with Gasteiger partial charge in [0.25, 0.3) is 5.91 Å². The highest BCUT2D eigenvalue weighted by Crippen LogP contribution is 2.37. The average molecular weight is 433 g/mol. The molecule has 2 aromatic rings. The number of ether oxygens (including phenoxy) is 2. The van der Waals surface area contributed by atoms with Crippen LogP contribution in [0.4, 0.5) is 4.79 Å². The van der Waals surface area contributed by atoms with Gasteiger partial charge in [0.05, 0.1) is 0 Å². The number of benzene rings is 2. The zero-order chi connectivity index (χ0) is 22.3. The molecule has 1 unspecified atom stereocenters. The summed E-state index contributed by atoms with van der Waals surface area (Å²) >= 11 is 0. The molecule has 2 aromatic carbocycles. The van der Waals surface area contributed by atoms with E-state index in [1.165, 1.54) is 5.57 Å². The molecule has 1 N–H and O–H groups in total. The van der Waals surface area contributed by atoms with E-state index in [0.29, 0.717) is 30.2 Å². The number of imide groups is 1. The Bertz CT molecular complexity index is 1130. The van der Waals surface area contributed by atoms with Crippen molar-refractivity contribution in [3.05, 3.63) is 65.7 Å². The van der Waals surface area contributed by atoms with Gasteiger partial charge in [-0.25, -0.2) is 4.79 Å². The second-order valence-electron chi connectivity index (χ2n) is 8.20. The van der Waals surface area contributed by atoms with Gasteiger partial charge in [-0.2, -0.15) is 0 Å². The molecular formula is C24H23N3O5. The van der Waals surface area contributed by atoms with Crippen molar-refractivity contribution in [1.82, 2.24) is 15.1 Å². The third kappa shape index (κ3) is 3.37. The second kappa shape index (κ2) is 7.71. The van der Waals surface area contributed by atoms with Crippen LogP contribution in [0.25, 0.3) is 5.57 Å². The number of urea groups is 1. The van der Waals surface area contributed by atoms with Gasteiger partial charge in [0.1, 0.15) is 12.1 Å². The number of rotatable bonds is 4. The molecule has 0 bridgehead atoms. The molecule has 1 fully saturated rings. The summed E-state index contributed by atoms with van der Waals surface area (Å²) in [4.78, 5) is 41.3. The first-order chi connectivity index (χ1) is 15.5. The van der Waals surface area contributed by atoms with Gasteiger partial charge < -0.3 is 19.7 Å². The van der Waals surface area contributed by atoms with Crippen LogP contribution in [0.5, 0.6) is 11.5 Å². The zero-order valence-electron chi connectivity index (χ0n) is 17.7. The maximum atomic E-state index is 13.2. The highest BCUT2D eigenvalue weighted by Gasteiger charge is 2.50. The summed E-state index contributed by atoms with van der Waals surface area (Å²) in [6.45, 7) is 2.45. The van der Waals surface area contributed by atoms with Crippen LogP contribution in [0.3, 0.4) is 0 Å². The van der Waals surface area contributed by atoms with E-state index in [9.17, 15) is 14.4 Å². The molecular weight excluding hydrogens is 410 g/mol. The Balaban J connectivity index is 1.28. The molecule has 0 aliphatic carbocycles. The minimum atomic E-state index is -1.28. The normalized spacial score (nSPS) is 22.1. The minimum absolute atomic E-state index is 0.118. The predicted octanol–water partition coefficient (Wildman–Crippen LogP) is 2.50. The number of amides is 4. The van der Waals surface area contributed by atoms with E-state index < -0.39 is 17.5 Å². The van der Waals surface area contributed by atoms with Gasteiger partial charge in [-0.3, -0.25) is 14.5 Å². The fourth-order valence-corrected chi connectivity index (χ4v) is 4.29. The van der Waals surface area contributed by atoms with E-state index in [0.717, 1.165) is 16.9 Å². The molecule has 1 atom stereocenters. The van der Waals surface area contributed by atoms with Crippen molar-refractivity contribution in [2.24, 2.45) is 0 Å². The summed E-state index contributed by atoms with van der Waals surface area (Å²) < 4.78 is 10.7. The Kier molecular flexibility index (Phi) is 4.84. The summed E-state index contributed by atoms with van der Waals surface area (Å²) in [5.41, 5.74) is 1.64. The molecule has 4 amide bonds. The highest BCUT2D eigenvalue weighted by molar-refractivity contribution is 6.09. The second-order valence-corrected chi connectivity index (χ2v) is 8.20. The Morgan fingerprint density at radius 2 is 1.88 bits per heavy atom. The van der Waals surface area contributed by atoms with Gasteiger partial charge in [0.15, 0.2) is 11.5 Å². The number of fused-ring (bicyclic) bond motifs is 1. The summed E-state index contributed by atoms with van der Waals surface area (Å²) in [6, 6.07) is 14.6. The molecule has 32 heavy (non-hydrogen) atoms. The number of hydrogen-bond acceptors (Lipinski definition) is 5. The topological polar surface area (TPSA) is 88.2 Å². The van der Waals surface area contributed by atoms with Gasteiger partial charge >= 0.3 is 6.03 Å². The van der Waals surface area contributed by atoms with E-state index in [1.807, 2.05) is 36.4 Å². The van der Waals surface area contributed by atoms with E-state index in [1.54, 1.807) is 30.0 Å². The van der Waals surface area contributed by atoms with E-state index in [-0.39, 0.29) is 19.2 Å². The van der Waals surface area contributed by atoms with Gasteiger partial charge in [-0.1, -0.05) is 42.5 Å². The van der Waals surface area contributed by atoms with Crippen LogP contribution < -0.4 is 14.8 Å². The standard InChI is InChI=1S/C24H23N3O5/c1-24(18-7-8-19-20(13-18)32-15-31-19)22(29)27(23(30)25-24)14-21(28)26-11-9-17(10-12-26)16-5-3-2-4-6-16/h2-9,13H,10-12,14-15H2,1H3,(H,25,30). The lowest BCUT2D eigenvalue weighted by Gasteiger charge is -2.28. The van der Waals surface area contributed by atoms with Crippen LogP contribution in [0, 0.1) is 0 Å². The molecule has 0 spiro atoms. The van der Waals surface area contributed by atoms with Crippen LogP contribution in [0.1, 0.15) is 24.5 Å². The lowest BCUT2D eigenvalue weighted by atomic mass is 9.91. The Labute approximate surface area is 185 Å². The van der Waals surface area contributed by atoms with E-state index in [4.69, 9.17) is 9.47 Å². The van der Waals surface area contributed by atoms with Gasteiger partial charge in [-0.05, 0) is 42.2 Å². The van der Waals surface area contributed by atoms with Crippen molar-refractivity contribution in [3.8, 4) is 11.5 Å². The Morgan fingerprint density at radius 3 is 2.62 bits per heavy atom. The lowest BCUT2D eigenvalue weighted by Crippen LogP contribution is -2.45. The van der Waals surface area contributed by atoms with Crippen LogP contribution >= 0.6 is 0 Å². The molecule has 8 nitrogen and oxygen atoms in total. The molecule has 0 aromatic heterocycles. The van der Waals surface area contributed by atoms with Gasteiger partial charge in [-0.15, -0.1) is 0 Å². The maximum absolute atomic E-state index is 13.2. The molecule has 8 heteroatoms. The molecule has 0 radical (unpaired) electrons. The van der Waals surface area contributed by atoms with Crippen molar-refractivity contribution in [1.29, 1.82) is 0 Å². The van der Waals surface area contributed by atoms with Crippen LogP contribution in [0.2, 0.25) is 0 Å². The van der Waals surface area contributed by atoms with E-state index >= 15 is 0 Å². The van der Waals surface area contributed by atoms with E-state index in [2.05, 4.69) is 5.32 Å². The largest absolute Gasteiger partial charge is 0.454 e. The SMILES string of the molecule is CC1(c2ccc3c(c2)OCO3)NC(=O)N(CC(=O)N2CC=C(c3ccccc3)CC2)C1=O. The number of carbonyl (C=O) groups excluding carboxylic acids is 3. The summed E-state index contributed by atoms with van der Waals surface area (Å²) in [6.07, 6.45) is 2.75. The molecule has 3 heterocycles. The van der Waals surface area contributed by atoms with Gasteiger partial charge in [0, 0.05) is 13.1 Å². The van der Waals surface area contributed by atoms with Crippen molar-refractivity contribution in [3.63, 3.8) is 0 Å². The molecule has 164 valence electrons. The first kappa shape index (κ1) is 20.1. The molecule has 5 rings (SSSR count). The lowest BCUT2D eigenvalue weighted by molar-refractivity contribution is -0.138. The van der Waals surface area contributed by atoms with Crippen LogP contribution in [0.15, 0.2) is 54.6 Å². The fourth-order valence-electron chi connectivity index (χ4n) is 4.29.